The van der Waals surface area contributed by atoms with Gasteiger partial charge in [-0.2, -0.15) is 0 Å². The molecule has 0 unspecified atom stereocenters. The number of hydrogen-bond acceptors (Lipinski definition) is 2. The summed E-state index contributed by atoms with van der Waals surface area (Å²) >= 11 is 0. The van der Waals surface area contributed by atoms with Crippen molar-refractivity contribution in [3.8, 4) is 0 Å². The maximum atomic E-state index is 4.22. The molecule has 2 aliphatic rings. The van der Waals surface area contributed by atoms with Crippen LogP contribution in [-0.2, 0) is 0 Å². The van der Waals surface area contributed by atoms with E-state index in [4.69, 9.17) is 0 Å². The third-order valence-electron chi connectivity index (χ3n) is 1.59. The standard InChI is InChI=1S/C10H8N2/c1-2-5-9-10(6-3-1)12-8-4-7-11-9/h1-8H. The largest absolute Gasteiger partial charge is 0.255 e. The van der Waals surface area contributed by atoms with Crippen LogP contribution in [0.25, 0.3) is 0 Å². The van der Waals surface area contributed by atoms with E-state index in [1.54, 1.807) is 12.4 Å². The molecule has 12 heavy (non-hydrogen) atoms. The topological polar surface area (TPSA) is 24.7 Å². The van der Waals surface area contributed by atoms with Gasteiger partial charge < -0.3 is 0 Å². The van der Waals surface area contributed by atoms with Gasteiger partial charge in [0.25, 0.3) is 0 Å². The highest BCUT2D eigenvalue weighted by molar-refractivity contribution is 6.10. The number of hydrogen-bond donors (Lipinski definition) is 0. The van der Waals surface area contributed by atoms with Crippen LogP contribution in [0.3, 0.4) is 0 Å². The van der Waals surface area contributed by atoms with E-state index in [-0.39, 0.29) is 0 Å². The van der Waals surface area contributed by atoms with E-state index in [9.17, 15) is 0 Å². The molecule has 0 aromatic heterocycles. The fourth-order valence-corrected chi connectivity index (χ4v) is 1.03. The second-order valence-corrected chi connectivity index (χ2v) is 2.43. The SMILES string of the molecule is C1=CC=C2N=CC=CN=C2C=C1. The molecule has 1 heterocycles. The Kier molecular flexibility index (Phi) is 1.82. The molecule has 2 rings (SSSR count). The number of fused-ring (bicyclic) bond motifs is 1. The minimum atomic E-state index is 0.907. The van der Waals surface area contributed by atoms with E-state index in [0.717, 1.165) is 11.4 Å². The Morgan fingerprint density at radius 3 is 3.00 bits per heavy atom. The van der Waals surface area contributed by atoms with Gasteiger partial charge in [0.15, 0.2) is 0 Å². The fraction of sp³-hybridized carbons (Fsp3) is 0. The smallest absolute Gasteiger partial charge is 0.0886 e. The molecule has 0 amide bonds. The summed E-state index contributed by atoms with van der Waals surface area (Å²) < 4.78 is 0. The minimum Gasteiger partial charge on any atom is -0.255 e. The van der Waals surface area contributed by atoms with Crippen LogP contribution in [0.1, 0.15) is 0 Å². The molecule has 1 aliphatic heterocycles. The van der Waals surface area contributed by atoms with E-state index in [1.165, 1.54) is 0 Å². The summed E-state index contributed by atoms with van der Waals surface area (Å²) in [5.41, 5.74) is 1.81. The van der Waals surface area contributed by atoms with Crippen LogP contribution >= 0.6 is 0 Å². The van der Waals surface area contributed by atoms with Gasteiger partial charge >= 0.3 is 0 Å². The zero-order valence-electron chi connectivity index (χ0n) is 6.51. The van der Waals surface area contributed by atoms with Crippen molar-refractivity contribution < 1.29 is 0 Å². The second-order valence-electron chi connectivity index (χ2n) is 2.43. The van der Waals surface area contributed by atoms with Crippen LogP contribution < -0.4 is 0 Å². The zero-order valence-corrected chi connectivity index (χ0v) is 6.51. The van der Waals surface area contributed by atoms with Crippen molar-refractivity contribution in [1.82, 2.24) is 0 Å². The van der Waals surface area contributed by atoms with E-state index >= 15 is 0 Å². The summed E-state index contributed by atoms with van der Waals surface area (Å²) in [6, 6.07) is 0. The minimum absolute atomic E-state index is 0.907. The molecule has 0 atom stereocenters. The average Bonchev–Trinajstić information content (AvgIpc) is 2.38. The first-order chi connectivity index (χ1) is 5.97. The van der Waals surface area contributed by atoms with Crippen LogP contribution in [0.15, 0.2) is 58.3 Å². The van der Waals surface area contributed by atoms with E-state index < -0.39 is 0 Å². The number of nitrogens with zero attached hydrogens (tertiary/aromatic N) is 2. The lowest BCUT2D eigenvalue weighted by Crippen LogP contribution is -1.94. The predicted molar refractivity (Wildman–Crippen MR) is 51.4 cm³/mol. The molecule has 0 aromatic carbocycles. The Bertz CT molecular complexity index is 316. The molecule has 0 N–H and O–H groups in total. The van der Waals surface area contributed by atoms with Gasteiger partial charge in [0.1, 0.15) is 0 Å². The predicted octanol–water partition coefficient (Wildman–Crippen LogP) is 2.04. The molecule has 0 aromatic rings. The molecule has 0 saturated heterocycles. The van der Waals surface area contributed by atoms with Gasteiger partial charge in [0.05, 0.1) is 11.4 Å². The third-order valence-corrected chi connectivity index (χ3v) is 1.59. The summed E-state index contributed by atoms with van der Waals surface area (Å²) in [5, 5.41) is 0. The van der Waals surface area contributed by atoms with Crippen molar-refractivity contribution in [3.05, 3.63) is 48.4 Å². The molecule has 2 nitrogen and oxygen atoms in total. The number of allylic oxidation sites excluding steroid dienone is 6. The van der Waals surface area contributed by atoms with E-state index in [0.29, 0.717) is 0 Å². The zero-order chi connectivity index (χ0) is 8.23. The van der Waals surface area contributed by atoms with Crippen molar-refractivity contribution in [3.63, 3.8) is 0 Å². The third kappa shape index (κ3) is 1.32. The highest BCUT2D eigenvalue weighted by atomic mass is 14.8. The molecular formula is C10H8N2. The average molecular weight is 156 g/mol. The molecule has 0 radical (unpaired) electrons. The van der Waals surface area contributed by atoms with Crippen LogP contribution in [-0.4, -0.2) is 11.9 Å². The van der Waals surface area contributed by atoms with E-state index in [2.05, 4.69) is 9.98 Å². The Labute approximate surface area is 71.0 Å². The number of rotatable bonds is 0. The number of aliphatic imine (C=N–C) groups is 2. The monoisotopic (exact) mass is 156 g/mol. The van der Waals surface area contributed by atoms with Gasteiger partial charge in [-0.05, 0) is 18.2 Å². The second kappa shape index (κ2) is 3.13. The van der Waals surface area contributed by atoms with Gasteiger partial charge in [0, 0.05) is 12.4 Å². The first-order valence-electron chi connectivity index (χ1n) is 3.79. The fourth-order valence-electron chi connectivity index (χ4n) is 1.03. The first kappa shape index (κ1) is 6.98. The van der Waals surface area contributed by atoms with Crippen molar-refractivity contribution >= 4 is 11.9 Å². The maximum absolute atomic E-state index is 4.22. The lowest BCUT2D eigenvalue weighted by molar-refractivity contribution is 1.46. The molecule has 0 bridgehead atoms. The van der Waals surface area contributed by atoms with Crippen molar-refractivity contribution in [1.29, 1.82) is 0 Å². The molecule has 0 spiro atoms. The molecule has 58 valence electrons. The summed E-state index contributed by atoms with van der Waals surface area (Å²) in [7, 11) is 0. The Balaban J connectivity index is 2.49. The molecule has 2 heteroatoms. The summed E-state index contributed by atoms with van der Waals surface area (Å²) in [4.78, 5) is 8.44. The normalized spacial score (nSPS) is 19.3. The lowest BCUT2D eigenvalue weighted by atomic mass is 10.2. The summed E-state index contributed by atoms with van der Waals surface area (Å²) in [6.07, 6.45) is 15.1. The van der Waals surface area contributed by atoms with Gasteiger partial charge in [-0.1, -0.05) is 18.2 Å². The quantitative estimate of drug-likeness (QED) is 0.512. The van der Waals surface area contributed by atoms with Gasteiger partial charge in [0.2, 0.25) is 0 Å². The van der Waals surface area contributed by atoms with Gasteiger partial charge in [-0.15, -0.1) is 0 Å². The Morgan fingerprint density at radius 2 is 2.00 bits per heavy atom. The van der Waals surface area contributed by atoms with Gasteiger partial charge in [-0.25, -0.2) is 0 Å². The van der Waals surface area contributed by atoms with Crippen LogP contribution in [0.4, 0.5) is 0 Å². The maximum Gasteiger partial charge on any atom is 0.0886 e. The Morgan fingerprint density at radius 1 is 1.00 bits per heavy atom. The van der Waals surface area contributed by atoms with Crippen LogP contribution in [0.5, 0.6) is 0 Å². The molecule has 0 fully saturated rings. The summed E-state index contributed by atoms with van der Waals surface area (Å²) in [5.74, 6) is 0. The van der Waals surface area contributed by atoms with E-state index in [1.807, 2.05) is 36.5 Å². The molecule has 1 aliphatic carbocycles. The molecular weight excluding hydrogens is 148 g/mol. The van der Waals surface area contributed by atoms with Gasteiger partial charge in [-0.3, -0.25) is 9.98 Å². The highest BCUT2D eigenvalue weighted by Gasteiger charge is 2.02. The lowest BCUT2D eigenvalue weighted by Gasteiger charge is -1.95. The highest BCUT2D eigenvalue weighted by Crippen LogP contribution is 2.08. The molecule has 0 saturated carbocycles. The van der Waals surface area contributed by atoms with Crippen molar-refractivity contribution in [2.45, 2.75) is 0 Å². The van der Waals surface area contributed by atoms with Crippen LogP contribution in [0, 0.1) is 0 Å². The Hall–Kier alpha value is -1.70. The van der Waals surface area contributed by atoms with Crippen molar-refractivity contribution in [2.24, 2.45) is 9.98 Å². The summed E-state index contributed by atoms with van der Waals surface area (Å²) in [6.45, 7) is 0. The van der Waals surface area contributed by atoms with Crippen molar-refractivity contribution in [2.75, 3.05) is 0 Å². The first-order valence-corrected chi connectivity index (χ1v) is 3.79. The van der Waals surface area contributed by atoms with Crippen LogP contribution in [0.2, 0.25) is 0 Å².